The predicted molar refractivity (Wildman–Crippen MR) is 66.6 cm³/mol. The Morgan fingerprint density at radius 3 is 2.82 bits per heavy atom. The lowest BCUT2D eigenvalue weighted by Gasteiger charge is -2.27. The topological polar surface area (TPSA) is 72.2 Å². The Balaban J connectivity index is 2.58. The average molecular weight is 234 g/mol. The van der Waals surface area contributed by atoms with E-state index in [0.29, 0.717) is 24.6 Å². The first kappa shape index (κ1) is 13.4. The van der Waals surface area contributed by atoms with Gasteiger partial charge in [0.05, 0.1) is 5.60 Å². The number of likely N-dealkylation sites (N-methyl/N-ethyl adjacent to an activating group) is 1. The Labute approximate surface area is 102 Å². The number of nitrogens with one attached hydrogen (secondary N) is 1. The minimum absolute atomic E-state index is 0.363. The van der Waals surface area contributed by atoms with E-state index in [-0.39, 0.29) is 0 Å². The Morgan fingerprint density at radius 2 is 2.24 bits per heavy atom. The summed E-state index contributed by atoms with van der Waals surface area (Å²) in [6.45, 7) is 2.69. The molecule has 1 atom stereocenters. The summed E-state index contributed by atoms with van der Waals surface area (Å²) >= 11 is 0. The van der Waals surface area contributed by atoms with Crippen LogP contribution in [0.4, 0.5) is 5.82 Å². The van der Waals surface area contributed by atoms with Crippen molar-refractivity contribution in [1.82, 2.24) is 9.88 Å². The molecule has 1 heterocycles. The Bertz CT molecular complexity index is 409. The number of aromatic nitrogens is 1. The molecule has 1 aromatic heterocycles. The van der Waals surface area contributed by atoms with Gasteiger partial charge in [-0.3, -0.25) is 0 Å². The van der Waals surface area contributed by atoms with Gasteiger partial charge in [0.25, 0.3) is 0 Å². The van der Waals surface area contributed by atoms with Crippen LogP contribution in [0, 0.1) is 11.3 Å². The summed E-state index contributed by atoms with van der Waals surface area (Å²) in [6.07, 6.45) is 0. The minimum atomic E-state index is -0.839. The lowest BCUT2D eigenvalue weighted by molar-refractivity contribution is 0.0459. The van der Waals surface area contributed by atoms with Crippen LogP contribution in [0.1, 0.15) is 12.6 Å². The number of nitriles is 1. The molecule has 0 bridgehead atoms. The van der Waals surface area contributed by atoms with E-state index in [1.54, 1.807) is 25.1 Å². The first-order chi connectivity index (χ1) is 7.93. The van der Waals surface area contributed by atoms with Crippen LogP contribution in [-0.4, -0.2) is 47.8 Å². The van der Waals surface area contributed by atoms with E-state index >= 15 is 0 Å². The summed E-state index contributed by atoms with van der Waals surface area (Å²) in [5.74, 6) is 0.600. The van der Waals surface area contributed by atoms with Crippen molar-refractivity contribution < 1.29 is 5.11 Å². The van der Waals surface area contributed by atoms with E-state index in [0.717, 1.165) is 0 Å². The van der Waals surface area contributed by atoms with Crippen molar-refractivity contribution in [1.29, 1.82) is 5.26 Å². The fourth-order valence-corrected chi connectivity index (χ4v) is 1.61. The largest absolute Gasteiger partial charge is 0.387 e. The molecular formula is C12H18N4O. The number of anilines is 1. The van der Waals surface area contributed by atoms with E-state index < -0.39 is 5.60 Å². The van der Waals surface area contributed by atoms with Crippen LogP contribution in [0.2, 0.25) is 0 Å². The lowest BCUT2D eigenvalue weighted by Crippen LogP contribution is -2.43. The maximum absolute atomic E-state index is 10.1. The van der Waals surface area contributed by atoms with E-state index in [9.17, 15) is 5.11 Å². The predicted octanol–water partition coefficient (Wildman–Crippen LogP) is 0.678. The van der Waals surface area contributed by atoms with Gasteiger partial charge in [-0.15, -0.1) is 0 Å². The maximum Gasteiger partial charge on any atom is 0.142 e. The van der Waals surface area contributed by atoms with E-state index in [1.807, 2.05) is 25.1 Å². The van der Waals surface area contributed by atoms with Gasteiger partial charge in [-0.25, -0.2) is 4.98 Å². The Kier molecular flexibility index (Phi) is 4.44. The van der Waals surface area contributed by atoms with Crippen molar-refractivity contribution in [3.63, 3.8) is 0 Å². The first-order valence-electron chi connectivity index (χ1n) is 5.41. The first-order valence-corrected chi connectivity index (χ1v) is 5.41. The second-order valence-corrected chi connectivity index (χ2v) is 4.61. The third-order valence-electron chi connectivity index (χ3n) is 2.17. The van der Waals surface area contributed by atoms with Gasteiger partial charge in [-0.2, -0.15) is 5.26 Å². The van der Waals surface area contributed by atoms with Crippen molar-refractivity contribution in [2.45, 2.75) is 12.5 Å². The lowest BCUT2D eigenvalue weighted by atomic mass is 10.1. The van der Waals surface area contributed by atoms with Gasteiger partial charge in [0.2, 0.25) is 0 Å². The molecule has 17 heavy (non-hydrogen) atoms. The van der Waals surface area contributed by atoms with Gasteiger partial charge >= 0.3 is 0 Å². The highest BCUT2D eigenvalue weighted by atomic mass is 16.3. The van der Waals surface area contributed by atoms with Gasteiger partial charge in [-0.05, 0) is 33.2 Å². The summed E-state index contributed by atoms with van der Waals surface area (Å²) < 4.78 is 0. The van der Waals surface area contributed by atoms with Crippen molar-refractivity contribution in [2.24, 2.45) is 0 Å². The normalized spacial score (nSPS) is 14.1. The highest BCUT2D eigenvalue weighted by Crippen LogP contribution is 2.08. The second kappa shape index (κ2) is 5.62. The molecule has 2 N–H and O–H groups in total. The molecule has 0 saturated carbocycles. The van der Waals surface area contributed by atoms with Crippen molar-refractivity contribution in [2.75, 3.05) is 32.5 Å². The molecule has 92 valence electrons. The molecule has 1 unspecified atom stereocenters. The van der Waals surface area contributed by atoms with Crippen LogP contribution >= 0.6 is 0 Å². The van der Waals surface area contributed by atoms with Crippen molar-refractivity contribution in [3.8, 4) is 6.07 Å². The standard InChI is InChI=1S/C12H18N4O/c1-12(17,9-16(2)3)8-14-11-6-4-5-10(7-13)15-11/h4-6,17H,8-9H2,1-3H3,(H,14,15). The monoisotopic (exact) mass is 234 g/mol. The fourth-order valence-electron chi connectivity index (χ4n) is 1.61. The van der Waals surface area contributed by atoms with Crippen LogP contribution in [0.5, 0.6) is 0 Å². The molecule has 0 aliphatic rings. The van der Waals surface area contributed by atoms with Crippen molar-refractivity contribution in [3.05, 3.63) is 23.9 Å². The highest BCUT2D eigenvalue weighted by molar-refractivity contribution is 5.38. The van der Waals surface area contributed by atoms with E-state index in [1.165, 1.54) is 0 Å². The zero-order chi connectivity index (χ0) is 12.9. The van der Waals surface area contributed by atoms with Gasteiger partial charge in [0, 0.05) is 13.1 Å². The molecule has 0 spiro atoms. The quantitative estimate of drug-likeness (QED) is 0.783. The highest BCUT2D eigenvalue weighted by Gasteiger charge is 2.21. The summed E-state index contributed by atoms with van der Waals surface area (Å²) in [5, 5.41) is 21.8. The second-order valence-electron chi connectivity index (χ2n) is 4.61. The molecule has 0 amide bonds. The van der Waals surface area contributed by atoms with Crippen LogP contribution in [0.25, 0.3) is 0 Å². The number of pyridine rings is 1. The molecular weight excluding hydrogens is 216 g/mol. The Morgan fingerprint density at radius 1 is 1.53 bits per heavy atom. The Hall–Kier alpha value is -1.64. The van der Waals surface area contributed by atoms with Crippen LogP contribution < -0.4 is 5.32 Å². The molecule has 1 aromatic rings. The molecule has 5 heteroatoms. The van der Waals surface area contributed by atoms with Gasteiger partial charge in [-0.1, -0.05) is 6.07 Å². The number of hydrogen-bond donors (Lipinski definition) is 2. The molecule has 0 aliphatic carbocycles. The smallest absolute Gasteiger partial charge is 0.142 e. The molecule has 0 aromatic carbocycles. The van der Waals surface area contributed by atoms with Gasteiger partial charge in [0.15, 0.2) is 0 Å². The molecule has 5 nitrogen and oxygen atoms in total. The number of rotatable bonds is 5. The zero-order valence-electron chi connectivity index (χ0n) is 10.4. The fraction of sp³-hybridized carbons (Fsp3) is 0.500. The number of aliphatic hydroxyl groups is 1. The van der Waals surface area contributed by atoms with E-state index in [4.69, 9.17) is 5.26 Å². The van der Waals surface area contributed by atoms with Crippen molar-refractivity contribution >= 4 is 5.82 Å². The van der Waals surface area contributed by atoms with Crippen LogP contribution in [-0.2, 0) is 0 Å². The summed E-state index contributed by atoms with van der Waals surface area (Å²) in [6, 6.07) is 7.15. The van der Waals surface area contributed by atoms with Crippen LogP contribution in [0.15, 0.2) is 18.2 Å². The number of nitrogens with zero attached hydrogens (tertiary/aromatic N) is 3. The molecule has 0 radical (unpaired) electrons. The maximum atomic E-state index is 10.1. The van der Waals surface area contributed by atoms with E-state index in [2.05, 4.69) is 10.3 Å². The molecule has 0 saturated heterocycles. The summed E-state index contributed by atoms with van der Waals surface area (Å²) in [4.78, 5) is 5.99. The summed E-state index contributed by atoms with van der Waals surface area (Å²) in [5.41, 5.74) is -0.476. The van der Waals surface area contributed by atoms with Crippen LogP contribution in [0.3, 0.4) is 0 Å². The number of hydrogen-bond acceptors (Lipinski definition) is 5. The third kappa shape index (κ3) is 4.81. The molecule has 0 fully saturated rings. The summed E-state index contributed by atoms with van der Waals surface area (Å²) in [7, 11) is 3.81. The zero-order valence-corrected chi connectivity index (χ0v) is 10.4. The average Bonchev–Trinajstić information content (AvgIpc) is 2.25. The SMILES string of the molecule is CN(C)CC(C)(O)CNc1cccc(C#N)n1. The van der Waals surface area contributed by atoms with Gasteiger partial charge in [0.1, 0.15) is 17.6 Å². The third-order valence-corrected chi connectivity index (χ3v) is 2.17. The molecule has 0 aliphatic heterocycles. The van der Waals surface area contributed by atoms with Gasteiger partial charge < -0.3 is 15.3 Å². The minimum Gasteiger partial charge on any atom is -0.387 e. The molecule has 1 rings (SSSR count).